The summed E-state index contributed by atoms with van der Waals surface area (Å²) in [6.45, 7) is 3.48. The molecule has 0 spiro atoms. The Balaban J connectivity index is 1.91. The summed E-state index contributed by atoms with van der Waals surface area (Å²) in [5.74, 6) is 1.10. The maximum absolute atomic E-state index is 12.9. The second-order valence-electron chi connectivity index (χ2n) is 5.91. The van der Waals surface area contributed by atoms with E-state index in [-0.39, 0.29) is 17.0 Å². The van der Waals surface area contributed by atoms with Gasteiger partial charge in [-0.2, -0.15) is 4.31 Å². The second kappa shape index (κ2) is 6.06. The van der Waals surface area contributed by atoms with Gasteiger partial charge in [-0.25, -0.2) is 8.42 Å². The maximum Gasteiger partial charge on any atom is 0.243 e. The monoisotopic (exact) mass is 326 g/mol. The van der Waals surface area contributed by atoms with Crippen molar-refractivity contribution in [1.82, 2.24) is 4.31 Å². The molecule has 0 bridgehead atoms. The Morgan fingerprint density at radius 1 is 1.23 bits per heavy atom. The highest BCUT2D eigenvalue weighted by Gasteiger charge is 2.34. The first-order valence-electron chi connectivity index (χ1n) is 7.65. The Labute approximate surface area is 131 Å². The third kappa shape index (κ3) is 2.93. The number of piperidine rings is 1. The van der Waals surface area contributed by atoms with Gasteiger partial charge < -0.3 is 15.2 Å². The molecule has 0 radical (unpaired) electrons. The summed E-state index contributed by atoms with van der Waals surface area (Å²) in [6.07, 6.45) is 2.16. The number of nitrogens with two attached hydrogens (primary N) is 1. The molecule has 2 heterocycles. The Morgan fingerprint density at radius 2 is 1.95 bits per heavy atom. The number of sulfonamides is 1. The molecule has 1 saturated heterocycles. The summed E-state index contributed by atoms with van der Waals surface area (Å²) >= 11 is 0. The molecule has 0 aliphatic carbocycles. The van der Waals surface area contributed by atoms with Crippen molar-refractivity contribution in [2.24, 2.45) is 5.73 Å². The van der Waals surface area contributed by atoms with Crippen LogP contribution in [0.15, 0.2) is 23.1 Å². The number of benzene rings is 1. The smallest absolute Gasteiger partial charge is 0.243 e. The molecule has 1 aromatic carbocycles. The molecule has 0 saturated carbocycles. The van der Waals surface area contributed by atoms with Gasteiger partial charge in [-0.3, -0.25) is 0 Å². The van der Waals surface area contributed by atoms with E-state index in [0.29, 0.717) is 44.1 Å². The Morgan fingerprint density at radius 3 is 2.68 bits per heavy atom. The van der Waals surface area contributed by atoms with E-state index >= 15 is 0 Å². The lowest BCUT2D eigenvalue weighted by molar-refractivity contribution is 0.247. The average molecular weight is 326 g/mol. The second-order valence-corrected chi connectivity index (χ2v) is 7.80. The minimum absolute atomic E-state index is 0.0743. The fourth-order valence-electron chi connectivity index (χ4n) is 2.98. The van der Waals surface area contributed by atoms with Crippen molar-refractivity contribution >= 4 is 10.0 Å². The number of hydrogen-bond donors (Lipinski definition) is 1. The van der Waals surface area contributed by atoms with Crippen LogP contribution in [0.2, 0.25) is 0 Å². The third-order valence-corrected chi connectivity index (χ3v) is 6.19. The van der Waals surface area contributed by atoms with E-state index in [1.54, 1.807) is 18.2 Å². The van der Waals surface area contributed by atoms with Crippen LogP contribution in [0.3, 0.4) is 0 Å². The Bertz CT molecular complexity index is 647. The molecular weight excluding hydrogens is 304 g/mol. The van der Waals surface area contributed by atoms with Crippen molar-refractivity contribution in [2.75, 3.05) is 19.8 Å². The Hall–Kier alpha value is -1.31. The van der Waals surface area contributed by atoms with Gasteiger partial charge in [0.05, 0.1) is 18.1 Å². The molecule has 0 aromatic heterocycles. The number of hydrogen-bond acceptors (Lipinski definition) is 5. The summed E-state index contributed by atoms with van der Waals surface area (Å²) < 4.78 is 38.4. The molecule has 0 amide bonds. The fraction of sp³-hybridized carbons (Fsp3) is 0.600. The summed E-state index contributed by atoms with van der Waals surface area (Å²) in [4.78, 5) is 0.249. The molecule has 2 aliphatic rings. The summed E-state index contributed by atoms with van der Waals surface area (Å²) in [6, 6.07) is 4.81. The summed E-state index contributed by atoms with van der Waals surface area (Å²) in [5, 5.41) is 0. The predicted octanol–water partition coefficient (Wildman–Crippen LogP) is 1.35. The molecule has 22 heavy (non-hydrogen) atoms. The van der Waals surface area contributed by atoms with Crippen LogP contribution in [0.1, 0.15) is 26.2 Å². The zero-order valence-electron chi connectivity index (χ0n) is 12.7. The lowest BCUT2D eigenvalue weighted by Gasteiger charge is -2.35. The zero-order valence-corrected chi connectivity index (χ0v) is 13.5. The number of rotatable bonds is 2. The van der Waals surface area contributed by atoms with Crippen molar-refractivity contribution < 1.29 is 17.9 Å². The molecule has 6 nitrogen and oxygen atoms in total. The molecule has 2 N–H and O–H groups in total. The molecule has 7 heteroatoms. The van der Waals surface area contributed by atoms with Crippen LogP contribution < -0.4 is 15.2 Å². The van der Waals surface area contributed by atoms with Gasteiger partial charge in [0.25, 0.3) is 0 Å². The SMILES string of the molecule is CC1CC(N)CCN1S(=O)(=O)c1ccc2c(c1)OCCCO2. The molecule has 2 atom stereocenters. The largest absolute Gasteiger partial charge is 0.490 e. The van der Waals surface area contributed by atoms with Gasteiger partial charge in [0, 0.05) is 31.1 Å². The summed E-state index contributed by atoms with van der Waals surface area (Å²) in [5.41, 5.74) is 5.92. The minimum atomic E-state index is -3.54. The minimum Gasteiger partial charge on any atom is -0.490 e. The topological polar surface area (TPSA) is 81.9 Å². The maximum atomic E-state index is 12.9. The van der Waals surface area contributed by atoms with Crippen molar-refractivity contribution in [3.63, 3.8) is 0 Å². The molecule has 122 valence electrons. The lowest BCUT2D eigenvalue weighted by Crippen LogP contribution is -2.48. The predicted molar refractivity (Wildman–Crippen MR) is 82.6 cm³/mol. The van der Waals surface area contributed by atoms with Crippen LogP contribution in [0.25, 0.3) is 0 Å². The van der Waals surface area contributed by atoms with Crippen molar-refractivity contribution in [3.8, 4) is 11.5 Å². The van der Waals surface area contributed by atoms with E-state index in [9.17, 15) is 8.42 Å². The molecule has 2 aliphatic heterocycles. The highest BCUT2D eigenvalue weighted by Crippen LogP contribution is 2.34. The highest BCUT2D eigenvalue weighted by molar-refractivity contribution is 7.89. The van der Waals surface area contributed by atoms with E-state index in [2.05, 4.69) is 0 Å². The molecule has 2 unspecified atom stereocenters. The number of nitrogens with zero attached hydrogens (tertiary/aromatic N) is 1. The van der Waals surface area contributed by atoms with Crippen molar-refractivity contribution in [1.29, 1.82) is 0 Å². The van der Waals surface area contributed by atoms with Gasteiger partial charge in [-0.1, -0.05) is 0 Å². The van der Waals surface area contributed by atoms with E-state index in [4.69, 9.17) is 15.2 Å². The van der Waals surface area contributed by atoms with Crippen LogP contribution in [0.5, 0.6) is 11.5 Å². The van der Waals surface area contributed by atoms with Gasteiger partial charge in [-0.15, -0.1) is 0 Å². The van der Waals surface area contributed by atoms with Crippen molar-refractivity contribution in [3.05, 3.63) is 18.2 Å². The van der Waals surface area contributed by atoms with E-state index in [0.717, 1.165) is 6.42 Å². The van der Waals surface area contributed by atoms with Gasteiger partial charge in [0.1, 0.15) is 0 Å². The first-order chi connectivity index (χ1) is 10.5. The molecular formula is C15H22N2O4S. The fourth-order valence-corrected chi connectivity index (χ4v) is 4.66. The molecule has 3 rings (SSSR count). The summed E-state index contributed by atoms with van der Waals surface area (Å²) in [7, 11) is -3.54. The number of ether oxygens (including phenoxy) is 2. The van der Waals surface area contributed by atoms with Gasteiger partial charge in [-0.05, 0) is 31.9 Å². The standard InChI is InChI=1S/C15H22N2O4S/c1-11-9-12(16)5-6-17(11)22(18,19)13-3-4-14-15(10-13)21-8-2-7-20-14/h3-4,10-12H,2,5-9,16H2,1H3. The first-order valence-corrected chi connectivity index (χ1v) is 9.09. The van der Waals surface area contributed by atoms with Gasteiger partial charge in [0.2, 0.25) is 10.0 Å². The third-order valence-electron chi connectivity index (χ3n) is 4.18. The zero-order chi connectivity index (χ0) is 15.7. The van der Waals surface area contributed by atoms with E-state index in [1.807, 2.05) is 6.92 Å². The van der Waals surface area contributed by atoms with Gasteiger partial charge in [0.15, 0.2) is 11.5 Å². The number of fused-ring (bicyclic) bond motifs is 1. The van der Waals surface area contributed by atoms with Crippen molar-refractivity contribution in [2.45, 2.75) is 43.2 Å². The van der Waals surface area contributed by atoms with Crippen LogP contribution in [-0.2, 0) is 10.0 Å². The quantitative estimate of drug-likeness (QED) is 0.887. The molecule has 1 fully saturated rings. The van der Waals surface area contributed by atoms with E-state index < -0.39 is 10.0 Å². The van der Waals surface area contributed by atoms with Crippen LogP contribution in [0.4, 0.5) is 0 Å². The average Bonchev–Trinajstić information content (AvgIpc) is 2.71. The normalized spacial score (nSPS) is 26.5. The van der Waals surface area contributed by atoms with Gasteiger partial charge >= 0.3 is 0 Å². The lowest BCUT2D eigenvalue weighted by atomic mass is 10.0. The molecule has 1 aromatic rings. The van der Waals surface area contributed by atoms with Crippen LogP contribution in [-0.4, -0.2) is 44.6 Å². The first kappa shape index (κ1) is 15.6. The van der Waals surface area contributed by atoms with Crippen LogP contribution >= 0.6 is 0 Å². The highest BCUT2D eigenvalue weighted by atomic mass is 32.2. The van der Waals surface area contributed by atoms with Crippen LogP contribution in [0, 0.1) is 0 Å². The Kier molecular flexibility index (Phi) is 4.29. The van der Waals surface area contributed by atoms with E-state index in [1.165, 1.54) is 4.31 Å².